The van der Waals surface area contributed by atoms with Crippen LogP contribution in [0.2, 0.25) is 0 Å². The molecule has 3 nitrogen and oxygen atoms in total. The summed E-state index contributed by atoms with van der Waals surface area (Å²) in [5.41, 5.74) is 1.19. The van der Waals surface area contributed by atoms with Crippen molar-refractivity contribution in [2.45, 2.75) is 72.8 Å². The molecule has 3 heteroatoms. The van der Waals surface area contributed by atoms with Gasteiger partial charge in [-0.3, -0.25) is 9.59 Å². The largest absolute Gasteiger partial charge is 0.458 e. The van der Waals surface area contributed by atoms with E-state index in [1.807, 2.05) is 30.3 Å². The topological polar surface area (TPSA) is 43.4 Å². The number of rotatable bonds is 7. The van der Waals surface area contributed by atoms with Crippen molar-refractivity contribution in [3.8, 4) is 0 Å². The molecule has 0 heterocycles. The van der Waals surface area contributed by atoms with Crippen molar-refractivity contribution in [2.75, 3.05) is 0 Å². The van der Waals surface area contributed by atoms with Crippen LogP contribution >= 0.6 is 0 Å². The fraction of sp³-hybridized carbons (Fsp3) is 0.652. The summed E-state index contributed by atoms with van der Waals surface area (Å²) in [4.78, 5) is 24.6. The molecule has 1 saturated carbocycles. The smallest absolute Gasteiger partial charge is 0.303 e. The molecular formula is C23H34O3. The number of carbonyl (C=O) groups is 2. The van der Waals surface area contributed by atoms with E-state index in [0.717, 1.165) is 18.4 Å². The molecule has 0 amide bonds. The lowest BCUT2D eigenvalue weighted by atomic mass is 9.62. The Balaban J connectivity index is 2.06. The maximum Gasteiger partial charge on any atom is 0.303 e. The minimum absolute atomic E-state index is 0.132. The van der Waals surface area contributed by atoms with Gasteiger partial charge < -0.3 is 4.74 Å². The standard InChI is InChI=1S/C23H34O3/c1-16(2)19-13-14-23(4,5)15-20(19)21(25)11-12-22(26-17(3)24)18-9-7-6-8-10-18/h6-10,16,19-20,22H,11-15H2,1-5H3. The van der Waals surface area contributed by atoms with Gasteiger partial charge in [0.05, 0.1) is 0 Å². The van der Waals surface area contributed by atoms with E-state index in [2.05, 4.69) is 27.7 Å². The Labute approximate surface area is 158 Å². The Morgan fingerprint density at radius 3 is 2.42 bits per heavy atom. The highest BCUT2D eigenvalue weighted by molar-refractivity contribution is 5.81. The molecule has 1 aromatic rings. The number of hydrogen-bond donors (Lipinski definition) is 0. The van der Waals surface area contributed by atoms with Gasteiger partial charge in [0.15, 0.2) is 0 Å². The molecule has 3 unspecified atom stereocenters. The summed E-state index contributed by atoms with van der Waals surface area (Å²) in [5, 5.41) is 0. The Kier molecular flexibility index (Phi) is 7.02. The molecule has 3 atom stereocenters. The second-order valence-electron chi connectivity index (χ2n) is 8.94. The Hall–Kier alpha value is -1.64. The zero-order chi connectivity index (χ0) is 19.3. The van der Waals surface area contributed by atoms with Crippen LogP contribution in [0.15, 0.2) is 30.3 Å². The second kappa shape index (κ2) is 8.83. The highest BCUT2D eigenvalue weighted by atomic mass is 16.5. The zero-order valence-electron chi connectivity index (χ0n) is 17.0. The Morgan fingerprint density at radius 2 is 1.85 bits per heavy atom. The van der Waals surface area contributed by atoms with Gasteiger partial charge in [-0.1, -0.05) is 58.0 Å². The van der Waals surface area contributed by atoms with Gasteiger partial charge in [0.25, 0.3) is 0 Å². The lowest BCUT2D eigenvalue weighted by Crippen LogP contribution is -2.37. The summed E-state index contributed by atoms with van der Waals surface area (Å²) in [7, 11) is 0. The highest BCUT2D eigenvalue weighted by Gasteiger charge is 2.39. The molecule has 0 N–H and O–H groups in total. The molecule has 0 aromatic heterocycles. The minimum Gasteiger partial charge on any atom is -0.458 e. The molecule has 2 rings (SSSR count). The van der Waals surface area contributed by atoms with Gasteiger partial charge in [-0.15, -0.1) is 0 Å². The van der Waals surface area contributed by atoms with Crippen LogP contribution in [0.25, 0.3) is 0 Å². The summed E-state index contributed by atoms with van der Waals surface area (Å²) < 4.78 is 5.50. The van der Waals surface area contributed by atoms with Crippen LogP contribution in [0.5, 0.6) is 0 Å². The lowest BCUT2D eigenvalue weighted by Gasteiger charge is -2.42. The number of benzene rings is 1. The van der Waals surface area contributed by atoms with Gasteiger partial charge in [-0.05, 0) is 48.5 Å². The zero-order valence-corrected chi connectivity index (χ0v) is 17.0. The molecule has 1 aliphatic rings. The fourth-order valence-corrected chi connectivity index (χ4v) is 4.38. The number of hydrogen-bond acceptors (Lipinski definition) is 3. The highest BCUT2D eigenvalue weighted by Crippen LogP contribution is 2.45. The molecule has 1 fully saturated rings. The number of ether oxygens (including phenoxy) is 1. The van der Waals surface area contributed by atoms with Gasteiger partial charge >= 0.3 is 5.97 Å². The van der Waals surface area contributed by atoms with E-state index >= 15 is 0 Å². The molecular weight excluding hydrogens is 324 g/mol. The van der Waals surface area contributed by atoms with Crippen LogP contribution < -0.4 is 0 Å². The van der Waals surface area contributed by atoms with Crippen molar-refractivity contribution in [3.05, 3.63) is 35.9 Å². The maximum atomic E-state index is 13.1. The Morgan fingerprint density at radius 1 is 1.19 bits per heavy atom. The summed E-state index contributed by atoms with van der Waals surface area (Å²) in [6.07, 6.45) is 3.98. The molecule has 144 valence electrons. The van der Waals surface area contributed by atoms with Crippen LogP contribution in [0.1, 0.15) is 78.4 Å². The molecule has 0 saturated heterocycles. The second-order valence-corrected chi connectivity index (χ2v) is 8.94. The van der Waals surface area contributed by atoms with Gasteiger partial charge in [-0.2, -0.15) is 0 Å². The SMILES string of the molecule is CC(=O)OC(CCC(=O)C1CC(C)(C)CCC1C(C)C)c1ccccc1. The third kappa shape index (κ3) is 5.69. The quantitative estimate of drug-likeness (QED) is 0.584. The molecule has 0 spiro atoms. The summed E-state index contributed by atoms with van der Waals surface area (Å²) in [5.74, 6) is 1.17. The molecule has 1 aliphatic carbocycles. The van der Waals surface area contributed by atoms with E-state index in [0.29, 0.717) is 30.5 Å². The summed E-state index contributed by atoms with van der Waals surface area (Å²) >= 11 is 0. The summed E-state index contributed by atoms with van der Waals surface area (Å²) in [6.45, 7) is 10.4. The minimum atomic E-state index is -0.341. The third-order valence-corrected chi connectivity index (χ3v) is 5.85. The van der Waals surface area contributed by atoms with Crippen molar-refractivity contribution in [1.82, 2.24) is 0 Å². The molecule has 0 aliphatic heterocycles. The normalized spacial score (nSPS) is 23.5. The van der Waals surface area contributed by atoms with E-state index in [4.69, 9.17) is 4.74 Å². The number of Topliss-reactive ketones (excluding diaryl/α,β-unsaturated/α-hetero) is 1. The van der Waals surface area contributed by atoms with E-state index in [1.165, 1.54) is 13.3 Å². The van der Waals surface area contributed by atoms with Crippen molar-refractivity contribution in [1.29, 1.82) is 0 Å². The molecule has 26 heavy (non-hydrogen) atoms. The van der Waals surface area contributed by atoms with Gasteiger partial charge in [-0.25, -0.2) is 0 Å². The van der Waals surface area contributed by atoms with Crippen LogP contribution in [-0.4, -0.2) is 11.8 Å². The first-order valence-corrected chi connectivity index (χ1v) is 9.94. The van der Waals surface area contributed by atoms with E-state index in [-0.39, 0.29) is 23.4 Å². The predicted molar refractivity (Wildman–Crippen MR) is 105 cm³/mol. The molecule has 0 radical (unpaired) electrons. The number of esters is 1. The fourth-order valence-electron chi connectivity index (χ4n) is 4.38. The lowest BCUT2D eigenvalue weighted by molar-refractivity contribution is -0.148. The number of carbonyl (C=O) groups excluding carboxylic acids is 2. The van der Waals surface area contributed by atoms with Gasteiger partial charge in [0.1, 0.15) is 11.9 Å². The van der Waals surface area contributed by atoms with Crippen LogP contribution in [-0.2, 0) is 14.3 Å². The van der Waals surface area contributed by atoms with Crippen molar-refractivity contribution in [2.24, 2.45) is 23.2 Å². The molecule has 1 aromatic carbocycles. The first-order chi connectivity index (χ1) is 12.2. The van der Waals surface area contributed by atoms with Gasteiger partial charge in [0, 0.05) is 19.3 Å². The number of ketones is 1. The third-order valence-electron chi connectivity index (χ3n) is 5.85. The average molecular weight is 359 g/mol. The van der Waals surface area contributed by atoms with Crippen molar-refractivity contribution < 1.29 is 14.3 Å². The van der Waals surface area contributed by atoms with Gasteiger partial charge in [0.2, 0.25) is 0 Å². The van der Waals surface area contributed by atoms with Crippen molar-refractivity contribution in [3.63, 3.8) is 0 Å². The van der Waals surface area contributed by atoms with Crippen LogP contribution in [0, 0.1) is 23.2 Å². The first-order valence-electron chi connectivity index (χ1n) is 9.94. The van der Waals surface area contributed by atoms with Crippen LogP contribution in [0.3, 0.4) is 0 Å². The van der Waals surface area contributed by atoms with E-state index in [1.54, 1.807) is 0 Å². The van der Waals surface area contributed by atoms with Crippen LogP contribution in [0.4, 0.5) is 0 Å². The van der Waals surface area contributed by atoms with E-state index in [9.17, 15) is 9.59 Å². The molecule has 0 bridgehead atoms. The van der Waals surface area contributed by atoms with Crippen molar-refractivity contribution >= 4 is 11.8 Å². The first kappa shape index (κ1) is 20.7. The summed E-state index contributed by atoms with van der Waals surface area (Å²) in [6, 6.07) is 9.73. The Bertz CT molecular complexity index is 603. The maximum absolute atomic E-state index is 13.1. The van der Waals surface area contributed by atoms with E-state index < -0.39 is 0 Å². The predicted octanol–water partition coefficient (Wildman–Crippen LogP) is 5.74. The average Bonchev–Trinajstić information content (AvgIpc) is 2.57. The monoisotopic (exact) mass is 358 g/mol.